The summed E-state index contributed by atoms with van der Waals surface area (Å²) in [5.41, 5.74) is 0.918. The number of aromatic nitrogens is 2. The predicted octanol–water partition coefficient (Wildman–Crippen LogP) is 2.31. The van der Waals surface area contributed by atoms with Gasteiger partial charge >= 0.3 is 0 Å². The van der Waals surface area contributed by atoms with E-state index < -0.39 is 9.84 Å². The Hall–Kier alpha value is -1.25. The number of benzene rings is 1. The quantitative estimate of drug-likeness (QED) is 0.811. The molecule has 130 valence electrons. The van der Waals surface area contributed by atoms with Gasteiger partial charge < -0.3 is 10.2 Å². The molecule has 0 radical (unpaired) electrons. The van der Waals surface area contributed by atoms with Crippen LogP contribution in [0.2, 0.25) is 0 Å². The van der Waals surface area contributed by atoms with Gasteiger partial charge in [-0.25, -0.2) is 18.4 Å². The molecule has 24 heavy (non-hydrogen) atoms. The zero-order valence-electron chi connectivity index (χ0n) is 13.6. The van der Waals surface area contributed by atoms with Crippen LogP contribution < -0.4 is 5.32 Å². The Labute approximate surface area is 150 Å². The van der Waals surface area contributed by atoms with E-state index >= 15 is 0 Å². The highest BCUT2D eigenvalue weighted by Crippen LogP contribution is 2.25. The van der Waals surface area contributed by atoms with Crippen LogP contribution in [0.15, 0.2) is 29.0 Å². The van der Waals surface area contributed by atoms with E-state index in [-0.39, 0.29) is 5.75 Å². The van der Waals surface area contributed by atoms with Crippen LogP contribution in [0.5, 0.6) is 0 Å². The largest absolute Gasteiger partial charge is 0.367 e. The molecule has 1 saturated heterocycles. The molecule has 2 heterocycles. The summed E-state index contributed by atoms with van der Waals surface area (Å²) < 4.78 is 23.6. The molecule has 1 aromatic carbocycles. The molecule has 0 amide bonds. The maximum atomic E-state index is 11.3. The number of rotatable bonds is 5. The van der Waals surface area contributed by atoms with Gasteiger partial charge in [-0.2, -0.15) is 0 Å². The summed E-state index contributed by atoms with van der Waals surface area (Å²) in [6.07, 6.45) is 4.83. The summed E-state index contributed by atoms with van der Waals surface area (Å²) in [5.74, 6) is 1.09. The van der Waals surface area contributed by atoms with Gasteiger partial charge in [0.05, 0.1) is 11.3 Å². The Morgan fingerprint density at radius 1 is 1.29 bits per heavy atom. The zero-order chi connectivity index (χ0) is 17.2. The summed E-state index contributed by atoms with van der Waals surface area (Å²) in [4.78, 5) is 10.9. The Kier molecular flexibility index (Phi) is 5.36. The van der Waals surface area contributed by atoms with Crippen molar-refractivity contribution < 1.29 is 8.42 Å². The van der Waals surface area contributed by atoms with Crippen LogP contribution in [-0.2, 0) is 9.84 Å². The van der Waals surface area contributed by atoms with Crippen LogP contribution in [0, 0.1) is 0 Å². The third kappa shape index (κ3) is 4.64. The summed E-state index contributed by atoms with van der Waals surface area (Å²) in [7, 11) is -2.89. The van der Waals surface area contributed by atoms with E-state index in [1.165, 1.54) is 6.26 Å². The highest BCUT2D eigenvalue weighted by atomic mass is 79.9. The molecule has 1 N–H and O–H groups in total. The predicted molar refractivity (Wildman–Crippen MR) is 100 cm³/mol. The van der Waals surface area contributed by atoms with E-state index in [9.17, 15) is 8.42 Å². The average molecular weight is 413 g/mol. The summed E-state index contributed by atoms with van der Waals surface area (Å²) in [6.45, 7) is 2.43. The Bertz CT molecular complexity index is 820. The van der Waals surface area contributed by atoms with Gasteiger partial charge in [-0.3, -0.25) is 0 Å². The van der Waals surface area contributed by atoms with Crippen LogP contribution in [-0.4, -0.2) is 61.0 Å². The molecule has 1 aromatic heterocycles. The monoisotopic (exact) mass is 412 g/mol. The first kappa shape index (κ1) is 17.6. The molecule has 2 aromatic rings. The SMILES string of the molecule is CS(=O)(=O)CCN1CCC(Nc2ncnc3ccc(Br)cc23)CC1. The van der Waals surface area contributed by atoms with Gasteiger partial charge in [-0.1, -0.05) is 15.9 Å². The summed E-state index contributed by atoms with van der Waals surface area (Å²) in [5, 5.41) is 4.53. The van der Waals surface area contributed by atoms with Crippen LogP contribution >= 0.6 is 15.9 Å². The number of hydrogen-bond donors (Lipinski definition) is 1. The third-order valence-corrected chi connectivity index (χ3v) is 5.72. The molecule has 0 bridgehead atoms. The molecule has 1 aliphatic heterocycles. The van der Waals surface area contributed by atoms with Crippen molar-refractivity contribution in [2.45, 2.75) is 18.9 Å². The van der Waals surface area contributed by atoms with Gasteiger partial charge in [-0.15, -0.1) is 0 Å². The van der Waals surface area contributed by atoms with E-state index in [2.05, 4.69) is 36.1 Å². The minimum Gasteiger partial charge on any atom is -0.367 e. The first-order valence-corrected chi connectivity index (χ1v) is 10.8. The highest BCUT2D eigenvalue weighted by molar-refractivity contribution is 9.10. The van der Waals surface area contributed by atoms with Crippen molar-refractivity contribution in [1.82, 2.24) is 14.9 Å². The maximum Gasteiger partial charge on any atom is 0.148 e. The first-order chi connectivity index (χ1) is 11.4. The Morgan fingerprint density at radius 3 is 2.75 bits per heavy atom. The maximum absolute atomic E-state index is 11.3. The standard InChI is InChI=1S/C16H21BrN4O2S/c1-24(22,23)9-8-21-6-4-13(5-7-21)20-16-14-10-12(17)2-3-15(14)18-11-19-16/h2-3,10-11,13H,4-9H2,1H3,(H,18,19,20). The van der Waals surface area contributed by atoms with Crippen LogP contribution in [0.25, 0.3) is 10.9 Å². The van der Waals surface area contributed by atoms with E-state index in [4.69, 9.17) is 0 Å². The van der Waals surface area contributed by atoms with Crippen molar-refractivity contribution in [2.24, 2.45) is 0 Å². The molecule has 0 unspecified atom stereocenters. The van der Waals surface area contributed by atoms with Gasteiger partial charge in [-0.05, 0) is 31.0 Å². The minimum absolute atomic E-state index is 0.232. The number of likely N-dealkylation sites (tertiary alicyclic amines) is 1. The van der Waals surface area contributed by atoms with E-state index in [0.717, 1.165) is 47.1 Å². The van der Waals surface area contributed by atoms with Crippen molar-refractivity contribution in [2.75, 3.05) is 37.0 Å². The third-order valence-electron chi connectivity index (χ3n) is 4.30. The lowest BCUT2D eigenvalue weighted by atomic mass is 10.0. The van der Waals surface area contributed by atoms with Crippen molar-refractivity contribution in [3.05, 3.63) is 29.0 Å². The van der Waals surface area contributed by atoms with Crippen molar-refractivity contribution >= 4 is 42.5 Å². The number of piperidine rings is 1. The second kappa shape index (κ2) is 7.33. The number of halogens is 1. The molecule has 0 spiro atoms. The van der Waals surface area contributed by atoms with E-state index in [1.807, 2.05) is 18.2 Å². The lowest BCUT2D eigenvalue weighted by Crippen LogP contribution is -2.41. The lowest BCUT2D eigenvalue weighted by Gasteiger charge is -2.32. The molecule has 0 atom stereocenters. The molecule has 0 saturated carbocycles. The smallest absolute Gasteiger partial charge is 0.148 e. The fraction of sp³-hybridized carbons (Fsp3) is 0.500. The number of sulfone groups is 1. The molecule has 1 fully saturated rings. The molecule has 8 heteroatoms. The van der Waals surface area contributed by atoms with Gasteiger partial charge in [0.15, 0.2) is 0 Å². The first-order valence-electron chi connectivity index (χ1n) is 7.97. The molecular formula is C16H21BrN4O2S. The molecule has 3 rings (SSSR count). The molecule has 1 aliphatic rings. The highest BCUT2D eigenvalue weighted by Gasteiger charge is 2.20. The van der Waals surface area contributed by atoms with Crippen LogP contribution in [0.3, 0.4) is 0 Å². The molecule has 0 aliphatic carbocycles. The minimum atomic E-state index is -2.89. The van der Waals surface area contributed by atoms with Crippen molar-refractivity contribution in [3.8, 4) is 0 Å². The normalized spacial score (nSPS) is 17.2. The van der Waals surface area contributed by atoms with Gasteiger partial charge in [0.25, 0.3) is 0 Å². The molecular weight excluding hydrogens is 392 g/mol. The fourth-order valence-electron chi connectivity index (χ4n) is 2.93. The second-order valence-electron chi connectivity index (χ2n) is 6.27. The van der Waals surface area contributed by atoms with Gasteiger partial charge in [0, 0.05) is 41.8 Å². The average Bonchev–Trinajstić information content (AvgIpc) is 2.54. The number of hydrogen-bond acceptors (Lipinski definition) is 6. The van der Waals surface area contributed by atoms with Crippen molar-refractivity contribution in [3.63, 3.8) is 0 Å². The van der Waals surface area contributed by atoms with E-state index in [1.54, 1.807) is 6.33 Å². The summed E-state index contributed by atoms with van der Waals surface area (Å²) in [6, 6.07) is 6.31. The Morgan fingerprint density at radius 2 is 2.04 bits per heavy atom. The topological polar surface area (TPSA) is 75.2 Å². The number of fused-ring (bicyclic) bond motifs is 1. The Balaban J connectivity index is 1.61. The van der Waals surface area contributed by atoms with Gasteiger partial charge in [0.2, 0.25) is 0 Å². The number of anilines is 1. The lowest BCUT2D eigenvalue weighted by molar-refractivity contribution is 0.230. The fourth-order valence-corrected chi connectivity index (χ4v) is 3.88. The zero-order valence-corrected chi connectivity index (χ0v) is 16.0. The van der Waals surface area contributed by atoms with E-state index in [0.29, 0.717) is 12.6 Å². The van der Waals surface area contributed by atoms with Gasteiger partial charge in [0.1, 0.15) is 22.0 Å². The number of nitrogens with one attached hydrogen (secondary N) is 1. The second-order valence-corrected chi connectivity index (χ2v) is 9.45. The van der Waals surface area contributed by atoms with Crippen LogP contribution in [0.1, 0.15) is 12.8 Å². The van der Waals surface area contributed by atoms with Crippen molar-refractivity contribution in [1.29, 1.82) is 0 Å². The van der Waals surface area contributed by atoms with Crippen LogP contribution in [0.4, 0.5) is 5.82 Å². The number of nitrogens with zero attached hydrogens (tertiary/aromatic N) is 3. The molecule has 6 nitrogen and oxygen atoms in total. The summed E-state index contributed by atoms with van der Waals surface area (Å²) >= 11 is 3.49.